The van der Waals surface area contributed by atoms with Crippen LogP contribution in [0.4, 0.5) is 0 Å². The van der Waals surface area contributed by atoms with E-state index in [1.807, 2.05) is 52.0 Å². The number of likely N-dealkylation sites (tertiary alicyclic amines) is 1. The first-order valence-corrected chi connectivity index (χ1v) is 25.6. The lowest BCUT2D eigenvalue weighted by Gasteiger charge is -2.31. The van der Waals surface area contributed by atoms with Crippen molar-refractivity contribution < 1.29 is 48.3 Å². The van der Waals surface area contributed by atoms with Crippen molar-refractivity contribution in [2.75, 3.05) is 26.2 Å². The quantitative estimate of drug-likeness (QED) is 0.0247. The number of para-hydroxylation sites is 1. The molecule has 17 N–H and O–H groups in total. The summed E-state index contributed by atoms with van der Waals surface area (Å²) in [4.78, 5) is 130. The highest BCUT2D eigenvalue weighted by Crippen LogP contribution is 2.24. The van der Waals surface area contributed by atoms with Crippen LogP contribution < -0.4 is 60.2 Å². The number of H-pyrrole nitrogens is 1. The number of rotatable bonds is 31. The normalized spacial score (nSPS) is 16.3. The highest BCUT2D eigenvalue weighted by Gasteiger charge is 2.40. The van der Waals surface area contributed by atoms with Gasteiger partial charge in [-0.25, -0.2) is 4.79 Å². The Labute approximate surface area is 433 Å². The van der Waals surface area contributed by atoms with Gasteiger partial charge >= 0.3 is 5.97 Å². The molecule has 1 aromatic carbocycles. The summed E-state index contributed by atoms with van der Waals surface area (Å²) < 4.78 is 0. The average Bonchev–Trinajstić information content (AvgIpc) is 3.99. The molecule has 1 aromatic heterocycles. The number of guanidine groups is 1. The fourth-order valence-corrected chi connectivity index (χ4v) is 8.61. The number of amides is 8. The number of unbranched alkanes of at least 4 members (excludes halogenated alkanes) is 1. The Balaban J connectivity index is 1.78. The van der Waals surface area contributed by atoms with E-state index in [1.54, 1.807) is 20.0 Å². The fourth-order valence-electron chi connectivity index (χ4n) is 8.61. The summed E-state index contributed by atoms with van der Waals surface area (Å²) in [6, 6.07) is -1.58. The van der Waals surface area contributed by atoms with Gasteiger partial charge in [0.05, 0.1) is 12.6 Å². The monoisotopic (exact) mass is 1040 g/mol. The van der Waals surface area contributed by atoms with Gasteiger partial charge in [-0.05, 0) is 101 Å². The molecule has 0 aliphatic carbocycles. The van der Waals surface area contributed by atoms with Gasteiger partial charge < -0.3 is 75.1 Å². The van der Waals surface area contributed by atoms with Crippen molar-refractivity contribution in [2.24, 2.45) is 45.7 Å². The SMILES string of the molecule is CC(C)C[C@H](NC(=O)[C@H](CCCCN)NC(=O)[C@@H](N)CC(C)C)C(=O)N[C@@H](C)C(=O)NCC(=O)N[C@@H](CCCN=C(N)N)C(=O)N[C@@H](Cc1c[nH]c2ccccc12)C(=O)N1CCC[C@H]1C(=O)N[C@H](C(=O)O)C(C)C. The van der Waals surface area contributed by atoms with Crippen LogP contribution in [0, 0.1) is 17.8 Å². The molecule has 1 aliphatic heterocycles. The lowest BCUT2D eigenvalue weighted by atomic mass is 10.0. The lowest BCUT2D eigenvalue weighted by Crippen LogP contribution is -2.59. The molecule has 412 valence electrons. The minimum absolute atomic E-state index is 0.0193. The summed E-state index contributed by atoms with van der Waals surface area (Å²) >= 11 is 0. The Bertz CT molecular complexity index is 2260. The molecule has 1 fully saturated rings. The Morgan fingerprint density at radius 1 is 0.743 bits per heavy atom. The van der Waals surface area contributed by atoms with Crippen molar-refractivity contribution >= 4 is 70.1 Å². The number of carboxylic acids is 1. The third-order valence-electron chi connectivity index (χ3n) is 12.5. The number of benzene rings is 1. The number of nitrogens with one attached hydrogen (secondary N) is 8. The van der Waals surface area contributed by atoms with Crippen molar-refractivity contribution in [3.63, 3.8) is 0 Å². The summed E-state index contributed by atoms with van der Waals surface area (Å²) in [6.07, 6.45) is 4.51. The lowest BCUT2D eigenvalue weighted by molar-refractivity contribution is -0.145. The van der Waals surface area contributed by atoms with Crippen LogP contribution in [0.3, 0.4) is 0 Å². The van der Waals surface area contributed by atoms with E-state index < -0.39 is 114 Å². The van der Waals surface area contributed by atoms with Crippen molar-refractivity contribution in [3.05, 3.63) is 36.0 Å². The van der Waals surface area contributed by atoms with Gasteiger partial charge in [-0.1, -0.05) is 59.7 Å². The highest BCUT2D eigenvalue weighted by molar-refractivity contribution is 5.98. The second-order valence-corrected chi connectivity index (χ2v) is 20.2. The van der Waals surface area contributed by atoms with Crippen LogP contribution in [0.5, 0.6) is 0 Å². The van der Waals surface area contributed by atoms with Crippen LogP contribution in [0.15, 0.2) is 35.5 Å². The molecule has 8 atom stereocenters. The first-order valence-electron chi connectivity index (χ1n) is 25.6. The summed E-state index contributed by atoms with van der Waals surface area (Å²) in [7, 11) is 0. The minimum atomic E-state index is -1.29. The van der Waals surface area contributed by atoms with E-state index in [0.29, 0.717) is 37.8 Å². The molecule has 1 aliphatic rings. The van der Waals surface area contributed by atoms with Gasteiger partial charge in [0.2, 0.25) is 47.3 Å². The maximum absolute atomic E-state index is 14.6. The number of hydrogen-bond donors (Lipinski definition) is 13. The standard InChI is InChI=1S/C50H82N14O10/c1-27(2)22-33(52)43(67)60-36(16-10-11-19-51)45(69)61-37(23-28(3)4)46(70)58-30(7)42(66)57-26-40(65)59-35(17-12-20-55-50(53)54)44(68)62-38(24-31-25-56-34-15-9-8-14-32(31)34)48(72)64-21-13-18-39(64)47(71)63-41(29(5)6)49(73)74/h8-9,14-15,25,27-30,33,35-39,41,56H,10-13,16-24,26,51-52H2,1-7H3,(H,57,66)(H,58,70)(H,59,65)(H,60,67)(H,61,69)(H,62,68)(H,63,71)(H,73,74)(H4,53,54,55)/t30-,33-,35-,36-,37-,38-,39-,41-/m0/s1. The first-order chi connectivity index (χ1) is 34.9. The zero-order chi connectivity index (χ0) is 55.2. The van der Waals surface area contributed by atoms with Crippen molar-refractivity contribution in [1.82, 2.24) is 47.1 Å². The van der Waals surface area contributed by atoms with E-state index in [1.165, 1.54) is 11.8 Å². The van der Waals surface area contributed by atoms with E-state index in [-0.39, 0.29) is 69.4 Å². The average molecular weight is 1040 g/mol. The number of nitrogens with two attached hydrogens (primary N) is 4. The summed E-state index contributed by atoms with van der Waals surface area (Å²) in [5.41, 5.74) is 24.3. The van der Waals surface area contributed by atoms with E-state index in [2.05, 4.69) is 47.2 Å². The van der Waals surface area contributed by atoms with Gasteiger partial charge in [-0.3, -0.25) is 43.3 Å². The number of aliphatic imine (C=N–C) groups is 1. The van der Waals surface area contributed by atoms with Crippen LogP contribution in [0.1, 0.15) is 112 Å². The Morgan fingerprint density at radius 3 is 1.97 bits per heavy atom. The molecule has 0 unspecified atom stereocenters. The number of nitrogens with zero attached hydrogens (tertiary/aromatic N) is 2. The second kappa shape index (κ2) is 30.4. The Morgan fingerprint density at radius 2 is 1.35 bits per heavy atom. The van der Waals surface area contributed by atoms with Crippen LogP contribution in [0.2, 0.25) is 0 Å². The predicted molar refractivity (Wildman–Crippen MR) is 279 cm³/mol. The summed E-state index contributed by atoms with van der Waals surface area (Å²) in [5.74, 6) is -7.16. The van der Waals surface area contributed by atoms with E-state index in [9.17, 15) is 48.3 Å². The van der Waals surface area contributed by atoms with Crippen molar-refractivity contribution in [3.8, 4) is 0 Å². The molecule has 24 heteroatoms. The largest absolute Gasteiger partial charge is 0.480 e. The topological polar surface area (TPSA) is 394 Å². The summed E-state index contributed by atoms with van der Waals surface area (Å²) in [6.45, 7) is 12.2. The van der Waals surface area contributed by atoms with E-state index >= 15 is 0 Å². The van der Waals surface area contributed by atoms with Gasteiger partial charge in [0.1, 0.15) is 42.3 Å². The molecule has 0 spiro atoms. The number of aromatic amines is 1. The van der Waals surface area contributed by atoms with Crippen molar-refractivity contribution in [1.29, 1.82) is 0 Å². The number of carbonyl (C=O) groups is 9. The third-order valence-corrected chi connectivity index (χ3v) is 12.5. The Kier molecular flexibility index (Phi) is 25.3. The molecular weight excluding hydrogens is 957 g/mol. The molecule has 0 saturated carbocycles. The molecule has 1 saturated heterocycles. The van der Waals surface area contributed by atoms with Crippen LogP contribution in [-0.2, 0) is 49.6 Å². The number of carbonyl (C=O) groups excluding carboxylic acids is 8. The number of aliphatic carboxylic acids is 1. The third kappa shape index (κ3) is 19.9. The highest BCUT2D eigenvalue weighted by atomic mass is 16.4. The van der Waals surface area contributed by atoms with Crippen LogP contribution in [0.25, 0.3) is 10.9 Å². The molecule has 0 bridgehead atoms. The number of fused-ring (bicyclic) bond motifs is 1. The number of carboxylic acid groups (broad SMARTS) is 1. The van der Waals surface area contributed by atoms with E-state index in [0.717, 1.165) is 10.9 Å². The van der Waals surface area contributed by atoms with Gasteiger partial charge in [0, 0.05) is 36.6 Å². The Hall–Kier alpha value is -6.82. The summed E-state index contributed by atoms with van der Waals surface area (Å²) in [5, 5.41) is 29.0. The van der Waals surface area contributed by atoms with Crippen LogP contribution >= 0.6 is 0 Å². The van der Waals surface area contributed by atoms with Gasteiger partial charge in [0.25, 0.3) is 0 Å². The number of hydrogen-bond acceptors (Lipinski definition) is 12. The smallest absolute Gasteiger partial charge is 0.326 e. The molecule has 2 heterocycles. The molecule has 3 rings (SSSR count). The predicted octanol–water partition coefficient (Wildman–Crippen LogP) is -0.911. The zero-order valence-corrected chi connectivity index (χ0v) is 44.0. The molecule has 74 heavy (non-hydrogen) atoms. The van der Waals surface area contributed by atoms with Gasteiger partial charge in [-0.2, -0.15) is 0 Å². The second-order valence-electron chi connectivity index (χ2n) is 20.2. The van der Waals surface area contributed by atoms with Gasteiger partial charge in [0.15, 0.2) is 5.96 Å². The molecule has 0 radical (unpaired) electrons. The van der Waals surface area contributed by atoms with Gasteiger partial charge in [-0.15, -0.1) is 0 Å². The fraction of sp³-hybridized carbons (Fsp3) is 0.640. The molecule has 2 aromatic rings. The zero-order valence-electron chi connectivity index (χ0n) is 44.0. The molecule has 8 amide bonds. The number of aromatic nitrogens is 1. The van der Waals surface area contributed by atoms with Crippen molar-refractivity contribution in [2.45, 2.75) is 161 Å². The maximum Gasteiger partial charge on any atom is 0.326 e. The van der Waals surface area contributed by atoms with Crippen LogP contribution in [-0.4, -0.2) is 149 Å². The first kappa shape index (κ1) is 61.5. The van der Waals surface area contributed by atoms with E-state index in [4.69, 9.17) is 22.9 Å². The molecule has 24 nitrogen and oxygen atoms in total. The minimum Gasteiger partial charge on any atom is -0.480 e. The maximum atomic E-state index is 14.6. The molecular formula is C50H82N14O10.